The highest BCUT2D eigenvalue weighted by Gasteiger charge is 2.25. The highest BCUT2D eigenvalue weighted by atomic mass is 16.5. The molecular formula is C22H28N2O2. The van der Waals surface area contributed by atoms with E-state index in [1.807, 2.05) is 4.90 Å². The standard InChI is InChI=1S/C22H28N2O2/c1-16-6-5-13-24(15-16)22(25)20-14-21(26-23-20)19-11-9-18(10-12-19)17-7-3-2-4-8-17/h9-12,14,16-17H,2-8,13,15H2,1H3/t16-/m1/s1. The van der Waals surface area contributed by atoms with Crippen molar-refractivity contribution < 1.29 is 9.32 Å². The van der Waals surface area contributed by atoms with Gasteiger partial charge in [-0.05, 0) is 43.1 Å². The Morgan fingerprint density at radius 2 is 1.85 bits per heavy atom. The van der Waals surface area contributed by atoms with Crippen molar-refractivity contribution in [1.29, 1.82) is 0 Å². The number of carbonyl (C=O) groups excluding carboxylic acids is 1. The molecule has 2 fully saturated rings. The molecule has 1 saturated carbocycles. The van der Waals surface area contributed by atoms with Gasteiger partial charge in [0.1, 0.15) is 0 Å². The molecule has 0 spiro atoms. The van der Waals surface area contributed by atoms with Crippen LogP contribution in [0.3, 0.4) is 0 Å². The summed E-state index contributed by atoms with van der Waals surface area (Å²) in [5, 5.41) is 4.04. The second-order valence-corrected chi connectivity index (χ2v) is 8.03. The van der Waals surface area contributed by atoms with Gasteiger partial charge in [-0.25, -0.2) is 0 Å². The fraction of sp³-hybridized carbons (Fsp3) is 0.545. The van der Waals surface area contributed by atoms with E-state index in [-0.39, 0.29) is 5.91 Å². The fourth-order valence-electron chi connectivity index (χ4n) is 4.40. The number of carbonyl (C=O) groups is 1. The third-order valence-corrected chi connectivity index (χ3v) is 5.95. The van der Waals surface area contributed by atoms with E-state index >= 15 is 0 Å². The van der Waals surface area contributed by atoms with Crippen LogP contribution in [0.5, 0.6) is 0 Å². The minimum absolute atomic E-state index is 0.00891. The van der Waals surface area contributed by atoms with Crippen LogP contribution in [0.1, 0.15) is 73.8 Å². The topological polar surface area (TPSA) is 46.3 Å². The molecule has 1 atom stereocenters. The molecule has 4 rings (SSSR count). The summed E-state index contributed by atoms with van der Waals surface area (Å²) in [6.45, 7) is 3.83. The van der Waals surface area contributed by atoms with Gasteiger partial charge in [-0.1, -0.05) is 55.6 Å². The molecule has 1 amide bonds. The van der Waals surface area contributed by atoms with Gasteiger partial charge in [-0.3, -0.25) is 4.79 Å². The maximum absolute atomic E-state index is 12.7. The predicted molar refractivity (Wildman–Crippen MR) is 102 cm³/mol. The Morgan fingerprint density at radius 3 is 2.58 bits per heavy atom. The normalized spacial score (nSPS) is 21.7. The van der Waals surface area contributed by atoms with Crippen molar-refractivity contribution in [2.24, 2.45) is 5.92 Å². The zero-order valence-corrected chi connectivity index (χ0v) is 15.6. The quantitative estimate of drug-likeness (QED) is 0.757. The molecule has 138 valence electrons. The number of benzene rings is 1. The summed E-state index contributed by atoms with van der Waals surface area (Å²) in [4.78, 5) is 14.6. The molecule has 4 heteroatoms. The summed E-state index contributed by atoms with van der Waals surface area (Å²) in [6, 6.07) is 10.4. The molecule has 4 nitrogen and oxygen atoms in total. The average molecular weight is 352 g/mol. The highest BCUT2D eigenvalue weighted by Crippen LogP contribution is 2.33. The molecule has 0 N–H and O–H groups in total. The van der Waals surface area contributed by atoms with Crippen LogP contribution in [0.15, 0.2) is 34.9 Å². The minimum atomic E-state index is -0.00891. The molecule has 1 aromatic carbocycles. The number of piperidine rings is 1. The summed E-state index contributed by atoms with van der Waals surface area (Å²) in [6.07, 6.45) is 8.92. The van der Waals surface area contributed by atoms with Gasteiger partial charge in [0.2, 0.25) is 0 Å². The number of rotatable bonds is 3. The monoisotopic (exact) mass is 352 g/mol. The number of amides is 1. The third-order valence-electron chi connectivity index (χ3n) is 5.95. The van der Waals surface area contributed by atoms with Gasteiger partial charge in [0.15, 0.2) is 11.5 Å². The molecule has 0 bridgehead atoms. The van der Waals surface area contributed by atoms with Crippen LogP contribution in [-0.4, -0.2) is 29.1 Å². The maximum Gasteiger partial charge on any atom is 0.276 e. The number of hydrogen-bond donors (Lipinski definition) is 0. The van der Waals surface area contributed by atoms with Crippen molar-refractivity contribution in [2.45, 2.75) is 57.8 Å². The number of aromatic nitrogens is 1. The van der Waals surface area contributed by atoms with Gasteiger partial charge in [0, 0.05) is 24.7 Å². The first kappa shape index (κ1) is 17.3. The Bertz CT molecular complexity index is 744. The molecular weight excluding hydrogens is 324 g/mol. The fourth-order valence-corrected chi connectivity index (χ4v) is 4.40. The van der Waals surface area contributed by atoms with E-state index in [1.54, 1.807) is 6.07 Å². The summed E-state index contributed by atoms with van der Waals surface area (Å²) in [7, 11) is 0. The van der Waals surface area contributed by atoms with E-state index < -0.39 is 0 Å². The van der Waals surface area contributed by atoms with E-state index in [4.69, 9.17) is 4.52 Å². The van der Waals surface area contributed by atoms with Crippen LogP contribution in [0, 0.1) is 5.92 Å². The van der Waals surface area contributed by atoms with Crippen molar-refractivity contribution in [3.05, 3.63) is 41.6 Å². The van der Waals surface area contributed by atoms with Crippen molar-refractivity contribution in [1.82, 2.24) is 10.1 Å². The number of nitrogens with zero attached hydrogens (tertiary/aromatic N) is 2. The lowest BCUT2D eigenvalue weighted by Gasteiger charge is -2.30. The first-order valence-corrected chi connectivity index (χ1v) is 10.1. The number of likely N-dealkylation sites (tertiary alicyclic amines) is 1. The van der Waals surface area contributed by atoms with Crippen LogP contribution in [0.2, 0.25) is 0 Å². The first-order valence-electron chi connectivity index (χ1n) is 10.1. The van der Waals surface area contributed by atoms with E-state index in [0.717, 1.165) is 25.1 Å². The van der Waals surface area contributed by atoms with Crippen LogP contribution >= 0.6 is 0 Å². The zero-order valence-electron chi connectivity index (χ0n) is 15.6. The van der Waals surface area contributed by atoms with Crippen molar-refractivity contribution in [2.75, 3.05) is 13.1 Å². The van der Waals surface area contributed by atoms with Crippen molar-refractivity contribution >= 4 is 5.91 Å². The van der Waals surface area contributed by atoms with Crippen LogP contribution in [0.4, 0.5) is 0 Å². The van der Waals surface area contributed by atoms with Gasteiger partial charge in [-0.15, -0.1) is 0 Å². The Kier molecular flexibility index (Phi) is 5.09. The Morgan fingerprint density at radius 1 is 1.08 bits per heavy atom. The molecule has 1 saturated heterocycles. The molecule has 1 aliphatic heterocycles. The molecule has 2 aromatic rings. The SMILES string of the molecule is C[C@@H]1CCCN(C(=O)c2cc(-c3ccc(C4CCCCC4)cc3)on2)C1. The van der Waals surface area contributed by atoms with E-state index in [0.29, 0.717) is 23.3 Å². The summed E-state index contributed by atoms with van der Waals surface area (Å²) >= 11 is 0. The van der Waals surface area contributed by atoms with E-state index in [1.165, 1.54) is 44.1 Å². The Balaban J connectivity index is 1.46. The second kappa shape index (κ2) is 7.65. The molecule has 1 aromatic heterocycles. The van der Waals surface area contributed by atoms with Gasteiger partial charge in [-0.2, -0.15) is 0 Å². The molecule has 2 heterocycles. The molecule has 0 radical (unpaired) electrons. The summed E-state index contributed by atoms with van der Waals surface area (Å²) < 4.78 is 5.48. The molecule has 0 unspecified atom stereocenters. The lowest BCUT2D eigenvalue weighted by atomic mass is 9.84. The average Bonchev–Trinajstić information content (AvgIpc) is 3.18. The van der Waals surface area contributed by atoms with Crippen LogP contribution in [0.25, 0.3) is 11.3 Å². The summed E-state index contributed by atoms with van der Waals surface area (Å²) in [5.74, 6) is 1.93. The largest absolute Gasteiger partial charge is 0.355 e. The van der Waals surface area contributed by atoms with Gasteiger partial charge in [0.05, 0.1) is 0 Å². The van der Waals surface area contributed by atoms with Gasteiger partial charge < -0.3 is 9.42 Å². The van der Waals surface area contributed by atoms with Crippen LogP contribution in [-0.2, 0) is 0 Å². The lowest BCUT2D eigenvalue weighted by Crippen LogP contribution is -2.39. The van der Waals surface area contributed by atoms with Crippen molar-refractivity contribution in [3.8, 4) is 11.3 Å². The van der Waals surface area contributed by atoms with Crippen molar-refractivity contribution in [3.63, 3.8) is 0 Å². The molecule has 1 aliphatic carbocycles. The van der Waals surface area contributed by atoms with E-state index in [2.05, 4.69) is 36.3 Å². The van der Waals surface area contributed by atoms with Crippen LogP contribution < -0.4 is 0 Å². The second-order valence-electron chi connectivity index (χ2n) is 8.03. The Labute approximate surface area is 155 Å². The minimum Gasteiger partial charge on any atom is -0.355 e. The summed E-state index contributed by atoms with van der Waals surface area (Å²) in [5.41, 5.74) is 2.83. The van der Waals surface area contributed by atoms with Gasteiger partial charge >= 0.3 is 0 Å². The molecule has 2 aliphatic rings. The van der Waals surface area contributed by atoms with Gasteiger partial charge in [0.25, 0.3) is 5.91 Å². The third kappa shape index (κ3) is 3.69. The molecule has 26 heavy (non-hydrogen) atoms. The predicted octanol–water partition coefficient (Wildman–Crippen LogP) is 5.26. The lowest BCUT2D eigenvalue weighted by molar-refractivity contribution is 0.0672. The number of hydrogen-bond acceptors (Lipinski definition) is 3. The smallest absolute Gasteiger partial charge is 0.276 e. The maximum atomic E-state index is 12.7. The zero-order chi connectivity index (χ0) is 17.9. The highest BCUT2D eigenvalue weighted by molar-refractivity contribution is 5.93. The Hall–Kier alpha value is -2.10. The first-order chi connectivity index (χ1) is 12.7. The van der Waals surface area contributed by atoms with E-state index in [9.17, 15) is 4.79 Å².